The summed E-state index contributed by atoms with van der Waals surface area (Å²) in [6.45, 7) is 7.90. The molecule has 0 radical (unpaired) electrons. The molecule has 9 rings (SSSR count). The minimum Gasteiger partial charge on any atom is -0.315 e. The average Bonchev–Trinajstić information content (AvgIpc) is 3.86. The Hall–Kier alpha value is -6.08. The van der Waals surface area contributed by atoms with E-state index in [0.29, 0.717) is 0 Å². The Labute approximate surface area is 287 Å². The number of allylic oxidation sites excluding steroid dienone is 5. The predicted octanol–water partition coefficient (Wildman–Crippen LogP) is 10.9. The van der Waals surface area contributed by atoms with Crippen LogP contribution in [-0.2, 0) is 0 Å². The highest BCUT2D eigenvalue weighted by molar-refractivity contribution is 6.10. The van der Waals surface area contributed by atoms with Gasteiger partial charge in [-0.1, -0.05) is 118 Å². The van der Waals surface area contributed by atoms with Crippen LogP contribution in [0.5, 0.6) is 0 Å². The molecular weight excluding hydrogens is 593 g/mol. The molecule has 0 aliphatic heterocycles. The summed E-state index contributed by atoms with van der Waals surface area (Å²) in [6.07, 6.45) is 17.0. The van der Waals surface area contributed by atoms with Crippen molar-refractivity contribution in [2.45, 2.75) is 26.7 Å². The molecule has 2 heteroatoms. The van der Waals surface area contributed by atoms with E-state index in [-0.39, 0.29) is 0 Å². The van der Waals surface area contributed by atoms with Crippen molar-refractivity contribution in [3.8, 4) is 5.69 Å². The predicted molar refractivity (Wildman–Crippen MR) is 212 cm³/mol. The summed E-state index contributed by atoms with van der Waals surface area (Å²) in [5, 5.41) is 6.16. The molecule has 0 saturated heterocycles. The highest BCUT2D eigenvalue weighted by atomic mass is 15.0. The van der Waals surface area contributed by atoms with Crippen molar-refractivity contribution in [1.29, 1.82) is 0 Å². The van der Waals surface area contributed by atoms with Crippen LogP contribution in [0.1, 0.15) is 49.1 Å². The fraction of sp³-hybridized carbons (Fsp3) is 0.0851. The average molecular weight is 631 g/mol. The molecule has 0 fully saturated rings. The minimum atomic E-state index is 1.01. The summed E-state index contributed by atoms with van der Waals surface area (Å²) >= 11 is 0. The zero-order chi connectivity index (χ0) is 33.3. The number of hydrogen-bond acceptors (Lipinski definition) is 0. The number of hydrogen-bond donors (Lipinski definition) is 0. The number of rotatable bonds is 5. The number of nitrogens with zero attached hydrogens (tertiary/aromatic N) is 2. The van der Waals surface area contributed by atoms with Crippen LogP contribution in [0.2, 0.25) is 0 Å². The van der Waals surface area contributed by atoms with Gasteiger partial charge in [-0.05, 0) is 94.1 Å². The van der Waals surface area contributed by atoms with Gasteiger partial charge in [-0.15, -0.1) is 5.73 Å². The lowest BCUT2D eigenvalue weighted by molar-refractivity contribution is 1.07. The van der Waals surface area contributed by atoms with Crippen LogP contribution in [-0.4, -0.2) is 9.13 Å². The van der Waals surface area contributed by atoms with E-state index in [0.717, 1.165) is 23.3 Å². The smallest absolute Gasteiger partial charge is 0.0618 e. The first kappa shape index (κ1) is 30.3. The number of fused-ring (bicyclic) bond motifs is 6. The van der Waals surface area contributed by atoms with Gasteiger partial charge in [0.2, 0.25) is 0 Å². The van der Waals surface area contributed by atoms with Crippen LogP contribution >= 0.6 is 0 Å². The summed E-state index contributed by atoms with van der Waals surface area (Å²) in [5.74, 6) is 0. The Balaban J connectivity index is 0.00000171. The first-order valence-corrected chi connectivity index (χ1v) is 17.3. The largest absolute Gasteiger partial charge is 0.315 e. The van der Waals surface area contributed by atoms with Gasteiger partial charge in [-0.3, -0.25) is 0 Å². The summed E-state index contributed by atoms with van der Waals surface area (Å²) < 4.78 is 4.68. The van der Waals surface area contributed by atoms with Gasteiger partial charge in [-0.2, -0.15) is 0 Å². The lowest BCUT2D eigenvalue weighted by Gasteiger charge is -2.16. The van der Waals surface area contributed by atoms with Gasteiger partial charge in [0, 0.05) is 39.7 Å². The standard InChI is InChI=1S/C45H32N2.C2H6/c1-2-11-31-12-6-7-13-36(31)30-46-42-19-10-17-38(42)40-28-34(24-26-43(40)46)32-20-22-33(23-21-32)35-25-27-45-41(29-35)39-16-8-9-18-44(39)47(45)37-14-4-3-5-15-37;1-2/h2-9,11-20,22,24-30H,1,21,23H2;1-2H3/b31-11-,36-30-;. The molecule has 0 bridgehead atoms. The molecule has 2 aliphatic carbocycles. The molecule has 0 N–H and O–H groups in total. The first-order chi connectivity index (χ1) is 24.3. The van der Waals surface area contributed by atoms with Crippen molar-refractivity contribution in [2.24, 2.45) is 0 Å². The second kappa shape index (κ2) is 12.8. The van der Waals surface area contributed by atoms with Gasteiger partial charge in [0.05, 0.1) is 22.2 Å². The van der Waals surface area contributed by atoms with Crippen LogP contribution in [0.3, 0.4) is 0 Å². The highest BCUT2D eigenvalue weighted by Gasteiger charge is 2.18. The molecule has 2 aliphatic rings. The maximum Gasteiger partial charge on any atom is 0.0618 e. The maximum atomic E-state index is 3.90. The lowest BCUT2D eigenvalue weighted by atomic mass is 9.89. The fourth-order valence-electron chi connectivity index (χ4n) is 7.39. The van der Waals surface area contributed by atoms with Crippen molar-refractivity contribution < 1.29 is 0 Å². The molecule has 0 spiro atoms. The molecular formula is C47H38N2. The summed E-state index contributed by atoms with van der Waals surface area (Å²) in [4.78, 5) is 0. The lowest BCUT2D eigenvalue weighted by Crippen LogP contribution is -2.24. The van der Waals surface area contributed by atoms with E-state index in [1.807, 2.05) is 19.9 Å². The normalized spacial score (nSPS) is 14.2. The van der Waals surface area contributed by atoms with E-state index in [1.54, 1.807) is 0 Å². The molecule has 49 heavy (non-hydrogen) atoms. The monoisotopic (exact) mass is 630 g/mol. The van der Waals surface area contributed by atoms with Crippen LogP contribution in [0, 0.1) is 0 Å². The Morgan fingerprint density at radius 2 is 1.24 bits per heavy atom. The van der Waals surface area contributed by atoms with Crippen molar-refractivity contribution >= 4 is 68.3 Å². The molecule has 5 aromatic carbocycles. The van der Waals surface area contributed by atoms with Crippen LogP contribution in [0.25, 0.3) is 74.0 Å². The molecule has 0 atom stereocenters. The zero-order valence-electron chi connectivity index (χ0n) is 28.0. The second-order valence-electron chi connectivity index (χ2n) is 12.3. The Bertz CT molecular complexity index is 2660. The molecule has 2 heterocycles. The molecule has 0 unspecified atom stereocenters. The Morgan fingerprint density at radius 1 is 0.612 bits per heavy atom. The molecule has 0 amide bonds. The SMILES string of the molecule is C=C/C=c1/cccc/c1=C/n1c2c(c3cc(C4=CC=C(c5ccc6c(c5)c5ccccc5n6-c5ccccc5)CC4)ccc31)C=C=C2.CC. The molecule has 7 aromatic rings. The summed E-state index contributed by atoms with van der Waals surface area (Å²) in [5.41, 5.74) is 16.0. The third kappa shape index (κ3) is 5.24. The van der Waals surface area contributed by atoms with E-state index in [1.165, 1.54) is 71.9 Å². The van der Waals surface area contributed by atoms with Crippen molar-refractivity contribution in [1.82, 2.24) is 9.13 Å². The first-order valence-electron chi connectivity index (χ1n) is 17.3. The number of para-hydroxylation sites is 2. The summed E-state index contributed by atoms with van der Waals surface area (Å²) in [7, 11) is 0. The molecule has 0 saturated carbocycles. The fourth-order valence-corrected chi connectivity index (χ4v) is 7.39. The Kier molecular flexibility index (Phi) is 7.93. The van der Waals surface area contributed by atoms with Crippen molar-refractivity contribution in [3.63, 3.8) is 0 Å². The van der Waals surface area contributed by atoms with E-state index >= 15 is 0 Å². The third-order valence-electron chi connectivity index (χ3n) is 9.67. The van der Waals surface area contributed by atoms with Gasteiger partial charge in [0.25, 0.3) is 0 Å². The topological polar surface area (TPSA) is 9.86 Å². The summed E-state index contributed by atoms with van der Waals surface area (Å²) in [6, 6.07) is 41.7. The molecule has 2 aromatic heterocycles. The third-order valence-corrected chi connectivity index (χ3v) is 9.67. The van der Waals surface area contributed by atoms with Crippen LogP contribution in [0.15, 0.2) is 146 Å². The van der Waals surface area contributed by atoms with E-state index in [4.69, 9.17) is 0 Å². The van der Waals surface area contributed by atoms with Gasteiger partial charge >= 0.3 is 0 Å². The van der Waals surface area contributed by atoms with Crippen LogP contribution in [0.4, 0.5) is 0 Å². The van der Waals surface area contributed by atoms with E-state index in [2.05, 4.69) is 173 Å². The van der Waals surface area contributed by atoms with E-state index in [9.17, 15) is 0 Å². The quantitative estimate of drug-likeness (QED) is 0.168. The molecule has 236 valence electrons. The molecule has 2 nitrogen and oxygen atoms in total. The van der Waals surface area contributed by atoms with Gasteiger partial charge < -0.3 is 9.13 Å². The Morgan fingerprint density at radius 3 is 1.98 bits per heavy atom. The zero-order valence-corrected chi connectivity index (χ0v) is 28.0. The van der Waals surface area contributed by atoms with E-state index < -0.39 is 0 Å². The minimum absolute atomic E-state index is 1.01. The highest BCUT2D eigenvalue weighted by Crippen LogP contribution is 2.38. The van der Waals surface area contributed by atoms with Crippen molar-refractivity contribution in [3.05, 3.63) is 179 Å². The second-order valence-corrected chi connectivity index (χ2v) is 12.3. The number of benzene rings is 5. The maximum absolute atomic E-state index is 3.90. The van der Waals surface area contributed by atoms with Gasteiger partial charge in [0.1, 0.15) is 0 Å². The van der Waals surface area contributed by atoms with Gasteiger partial charge in [0.15, 0.2) is 0 Å². The van der Waals surface area contributed by atoms with Crippen LogP contribution < -0.4 is 10.4 Å². The van der Waals surface area contributed by atoms with Crippen molar-refractivity contribution in [2.75, 3.05) is 0 Å². The number of aromatic nitrogens is 2. The van der Waals surface area contributed by atoms with Gasteiger partial charge in [-0.25, -0.2) is 0 Å².